The van der Waals surface area contributed by atoms with Crippen LogP contribution in [0.3, 0.4) is 0 Å². The number of carbonyl (C=O) groups is 1. The van der Waals surface area contributed by atoms with Crippen molar-refractivity contribution in [1.29, 1.82) is 0 Å². The molecule has 0 saturated heterocycles. The van der Waals surface area contributed by atoms with E-state index in [1.165, 1.54) is 19.1 Å². The van der Waals surface area contributed by atoms with Crippen molar-refractivity contribution in [1.82, 2.24) is 14.8 Å². The highest BCUT2D eigenvalue weighted by atomic mass is 19.4. The minimum Gasteiger partial charge on any atom is -0.492 e. The number of nitrogens with one attached hydrogen (secondary N) is 1. The van der Waals surface area contributed by atoms with Crippen LogP contribution >= 0.6 is 0 Å². The monoisotopic (exact) mass is 567 g/mol. The Balaban J connectivity index is 1.83. The molecule has 40 heavy (non-hydrogen) atoms. The summed E-state index contributed by atoms with van der Waals surface area (Å²) < 4.78 is 77.9. The molecule has 0 aliphatic carbocycles. The quantitative estimate of drug-likeness (QED) is 0.283. The van der Waals surface area contributed by atoms with Gasteiger partial charge in [0, 0.05) is 41.8 Å². The first-order valence-electron chi connectivity index (χ1n) is 13.2. The van der Waals surface area contributed by atoms with Crippen molar-refractivity contribution in [2.24, 2.45) is 5.92 Å². The lowest BCUT2D eigenvalue weighted by Crippen LogP contribution is -2.54. The van der Waals surface area contributed by atoms with E-state index in [1.807, 2.05) is 11.9 Å². The Labute approximate surface area is 229 Å². The summed E-state index contributed by atoms with van der Waals surface area (Å²) >= 11 is 0. The number of H-pyrrole nitrogens is 1. The number of alkyl halides is 4. The fourth-order valence-electron chi connectivity index (χ4n) is 5.49. The Morgan fingerprint density at radius 1 is 1.23 bits per heavy atom. The van der Waals surface area contributed by atoms with Crippen molar-refractivity contribution in [3.8, 4) is 5.75 Å². The van der Waals surface area contributed by atoms with Gasteiger partial charge in [-0.2, -0.15) is 13.2 Å². The highest BCUT2D eigenvalue weighted by Crippen LogP contribution is 2.47. The summed E-state index contributed by atoms with van der Waals surface area (Å²) in [7, 11) is 1.82. The number of benzene rings is 2. The number of para-hydroxylation sites is 1. The molecule has 3 atom stereocenters. The van der Waals surface area contributed by atoms with Gasteiger partial charge in [-0.3, -0.25) is 14.1 Å². The van der Waals surface area contributed by atoms with Gasteiger partial charge in [0.2, 0.25) is 0 Å². The van der Waals surface area contributed by atoms with Crippen LogP contribution in [0.25, 0.3) is 10.9 Å². The molecule has 0 bridgehead atoms. The summed E-state index contributed by atoms with van der Waals surface area (Å²) in [5, 5.41) is 10.2. The number of aromatic amines is 1. The number of fused-ring (bicyclic) bond motifs is 3. The first-order valence-corrected chi connectivity index (χ1v) is 13.2. The van der Waals surface area contributed by atoms with Crippen LogP contribution in [0.5, 0.6) is 5.75 Å². The number of carboxylic acids is 1. The van der Waals surface area contributed by atoms with E-state index in [2.05, 4.69) is 4.98 Å². The van der Waals surface area contributed by atoms with Gasteiger partial charge in [0.05, 0.1) is 18.6 Å². The smallest absolute Gasteiger partial charge is 0.404 e. The number of halogens is 5. The molecule has 1 aromatic heterocycles. The van der Waals surface area contributed by atoms with Crippen LogP contribution in [0.4, 0.5) is 22.0 Å². The van der Waals surface area contributed by atoms with E-state index in [0.717, 1.165) is 4.90 Å². The van der Waals surface area contributed by atoms with Gasteiger partial charge < -0.3 is 19.7 Å². The normalized spacial score (nSPS) is 18.7. The Kier molecular flexibility index (Phi) is 9.04. The molecular formula is C29H34F5N3O3. The summed E-state index contributed by atoms with van der Waals surface area (Å²) in [4.78, 5) is 17.9. The predicted molar refractivity (Wildman–Crippen MR) is 142 cm³/mol. The van der Waals surface area contributed by atoms with Crippen LogP contribution in [0, 0.1) is 18.7 Å². The maximum atomic E-state index is 15.7. The number of nitrogens with zero attached hydrogens (tertiary/aromatic N) is 2. The number of rotatable bonds is 11. The molecule has 6 nitrogen and oxygen atoms in total. The summed E-state index contributed by atoms with van der Waals surface area (Å²) in [6.07, 6.45) is -4.71. The molecule has 11 heteroatoms. The molecule has 0 fully saturated rings. The largest absolute Gasteiger partial charge is 0.492 e. The number of likely N-dealkylation sites (N-methyl/N-ethyl adjacent to an activating group) is 1. The van der Waals surface area contributed by atoms with Gasteiger partial charge in [0.15, 0.2) is 0 Å². The lowest BCUT2D eigenvalue weighted by molar-refractivity contribution is -0.193. The Morgan fingerprint density at radius 2 is 1.95 bits per heavy atom. The molecule has 0 amide bonds. The maximum absolute atomic E-state index is 15.7. The van der Waals surface area contributed by atoms with Crippen LogP contribution in [-0.2, 0) is 11.2 Å². The number of hydrogen-bond donors (Lipinski definition) is 2. The summed E-state index contributed by atoms with van der Waals surface area (Å²) in [5.74, 6) is -2.78. The standard InChI is InChI=1S/C29H34F5N3O3/c1-17(28(38)39)16-37-24(29(32,33)34)15-20-19-7-4-5-8-22(19)35-26(20)27(37)25-18(2)23(10-9-21(25)31)40-14-13-36(3)12-6-11-30/h4-5,7-10,17,24,27,35H,6,11-16H2,1-3H3,(H,38,39)/t17?,24-,27+/m0/s1. The lowest BCUT2D eigenvalue weighted by atomic mass is 9.85. The van der Waals surface area contributed by atoms with Crippen molar-refractivity contribution in [3.05, 3.63) is 64.6 Å². The average molecular weight is 568 g/mol. The zero-order valence-electron chi connectivity index (χ0n) is 22.7. The van der Waals surface area contributed by atoms with Crippen molar-refractivity contribution >= 4 is 16.9 Å². The van der Waals surface area contributed by atoms with E-state index >= 15 is 4.39 Å². The van der Waals surface area contributed by atoms with E-state index in [1.54, 1.807) is 31.2 Å². The fraction of sp³-hybridized carbons (Fsp3) is 0.483. The number of carboxylic acid groups (broad SMARTS) is 1. The van der Waals surface area contributed by atoms with Crippen molar-refractivity contribution in [3.63, 3.8) is 0 Å². The third-order valence-electron chi connectivity index (χ3n) is 7.62. The van der Waals surface area contributed by atoms with Gasteiger partial charge in [0.1, 0.15) is 24.2 Å². The minimum absolute atomic E-state index is 0.00243. The van der Waals surface area contributed by atoms with E-state index in [-0.39, 0.29) is 12.2 Å². The molecule has 0 saturated carbocycles. The third kappa shape index (κ3) is 6.10. The van der Waals surface area contributed by atoms with Gasteiger partial charge in [-0.15, -0.1) is 0 Å². The van der Waals surface area contributed by atoms with Crippen LogP contribution < -0.4 is 4.74 Å². The molecule has 1 aliphatic heterocycles. The van der Waals surface area contributed by atoms with Gasteiger partial charge in [0.25, 0.3) is 0 Å². The summed E-state index contributed by atoms with van der Waals surface area (Å²) in [6.45, 7) is 3.28. The van der Waals surface area contributed by atoms with E-state index in [0.29, 0.717) is 53.0 Å². The van der Waals surface area contributed by atoms with E-state index in [4.69, 9.17) is 4.74 Å². The van der Waals surface area contributed by atoms with Crippen LogP contribution in [-0.4, -0.2) is 78.0 Å². The molecule has 218 valence electrons. The molecule has 2 aromatic carbocycles. The fourth-order valence-corrected chi connectivity index (χ4v) is 5.49. The topological polar surface area (TPSA) is 68.8 Å². The van der Waals surface area contributed by atoms with Crippen LogP contribution in [0.15, 0.2) is 36.4 Å². The highest BCUT2D eigenvalue weighted by Gasteiger charge is 2.51. The number of aromatic nitrogens is 1. The van der Waals surface area contributed by atoms with E-state index < -0.39 is 55.6 Å². The molecular weight excluding hydrogens is 533 g/mol. The van der Waals surface area contributed by atoms with Crippen molar-refractivity contribution in [2.75, 3.05) is 40.0 Å². The van der Waals surface area contributed by atoms with Crippen molar-refractivity contribution in [2.45, 2.75) is 44.9 Å². The van der Waals surface area contributed by atoms with E-state index in [9.17, 15) is 27.5 Å². The summed E-state index contributed by atoms with van der Waals surface area (Å²) in [5.41, 5.74) is 1.79. The first kappa shape index (κ1) is 29.8. The zero-order valence-corrected chi connectivity index (χ0v) is 22.7. The lowest BCUT2D eigenvalue weighted by Gasteiger charge is -2.44. The molecule has 2 heterocycles. The summed E-state index contributed by atoms with van der Waals surface area (Å²) in [6, 6.07) is 6.32. The predicted octanol–water partition coefficient (Wildman–Crippen LogP) is 5.88. The second-order valence-electron chi connectivity index (χ2n) is 10.4. The SMILES string of the molecule is Cc1c(OCCN(C)CCCF)ccc(F)c1[C@@H]1c2[nH]c3ccccc3c2C[C@@H](C(F)(F)F)N1CC(C)C(=O)O. The Morgan fingerprint density at radius 3 is 2.62 bits per heavy atom. The molecule has 0 spiro atoms. The molecule has 3 aromatic rings. The Bertz CT molecular complexity index is 1340. The molecule has 1 unspecified atom stereocenters. The maximum Gasteiger partial charge on any atom is 0.404 e. The average Bonchev–Trinajstić information content (AvgIpc) is 3.27. The number of hydrogen-bond acceptors (Lipinski definition) is 4. The first-order chi connectivity index (χ1) is 18.9. The van der Waals surface area contributed by atoms with Gasteiger partial charge in [-0.25, -0.2) is 4.39 Å². The van der Waals surface area contributed by atoms with Gasteiger partial charge in [-0.05, 0) is 56.1 Å². The molecule has 2 N–H and O–H groups in total. The van der Waals surface area contributed by atoms with Gasteiger partial charge >= 0.3 is 12.1 Å². The second kappa shape index (κ2) is 12.1. The zero-order chi connectivity index (χ0) is 29.2. The molecule has 4 rings (SSSR count). The van der Waals surface area contributed by atoms with Crippen LogP contribution in [0.1, 0.15) is 41.8 Å². The van der Waals surface area contributed by atoms with Crippen LogP contribution in [0.2, 0.25) is 0 Å². The van der Waals surface area contributed by atoms with Gasteiger partial charge in [-0.1, -0.05) is 25.1 Å². The molecule has 1 aliphatic rings. The molecule has 0 radical (unpaired) electrons. The number of ether oxygens (including phenoxy) is 1. The Hall–Kier alpha value is -3.18. The van der Waals surface area contributed by atoms with Crippen molar-refractivity contribution < 1.29 is 36.6 Å². The number of aliphatic carboxylic acids is 1. The second-order valence-corrected chi connectivity index (χ2v) is 10.4. The minimum atomic E-state index is -4.70. The highest BCUT2D eigenvalue weighted by molar-refractivity contribution is 5.85. The third-order valence-corrected chi connectivity index (χ3v) is 7.62.